The number of hydrogen-bond donors (Lipinski definition) is 5. The predicted octanol–water partition coefficient (Wildman–Crippen LogP) is -1.50. The first kappa shape index (κ1) is 20.5. The number of carbonyl (C=O) groups excluding carboxylic acids is 2. The van der Waals surface area contributed by atoms with Crippen LogP contribution in [0.1, 0.15) is 6.42 Å². The number of nitrogens with one attached hydrogen (secondary N) is 1. The van der Waals surface area contributed by atoms with Crippen LogP contribution >= 0.6 is 0 Å². The van der Waals surface area contributed by atoms with E-state index in [4.69, 9.17) is 20.4 Å². The lowest BCUT2D eigenvalue weighted by atomic mass is 9.93. The van der Waals surface area contributed by atoms with Gasteiger partial charge in [-0.15, -0.1) is 0 Å². The molecular formula is C13H13NO10. The molecule has 0 aromatic carbocycles. The van der Waals surface area contributed by atoms with E-state index < -0.39 is 53.9 Å². The highest BCUT2D eigenvalue weighted by Gasteiger charge is 2.36. The molecule has 11 nitrogen and oxygen atoms in total. The highest BCUT2D eigenvalue weighted by molar-refractivity contribution is 5.99. The van der Waals surface area contributed by atoms with Crippen LogP contribution in [0.5, 0.6) is 0 Å². The van der Waals surface area contributed by atoms with Crippen molar-refractivity contribution in [3.8, 4) is 0 Å². The Bertz CT molecular complexity index is 564. The second-order valence-corrected chi connectivity index (χ2v) is 4.28. The number of aliphatic carboxylic acids is 4. The third-order valence-electron chi connectivity index (χ3n) is 2.49. The van der Waals surface area contributed by atoms with Gasteiger partial charge in [-0.05, 0) is 6.08 Å². The fraction of sp³-hybridized carbons (Fsp3) is 0.231. The Morgan fingerprint density at radius 3 is 1.67 bits per heavy atom. The van der Waals surface area contributed by atoms with Crippen molar-refractivity contribution in [2.75, 3.05) is 0 Å². The van der Waals surface area contributed by atoms with Gasteiger partial charge in [-0.3, -0.25) is 14.4 Å². The van der Waals surface area contributed by atoms with Crippen molar-refractivity contribution in [3.63, 3.8) is 0 Å². The zero-order valence-corrected chi connectivity index (χ0v) is 11.9. The molecule has 0 saturated heterocycles. The molecule has 0 rings (SSSR count). The zero-order valence-electron chi connectivity index (χ0n) is 11.9. The number of carboxylic acid groups (broad SMARTS) is 4. The molecule has 0 aliphatic rings. The fourth-order valence-corrected chi connectivity index (χ4v) is 1.48. The smallest absolute Gasteiger partial charge is 0.328 e. The lowest BCUT2D eigenvalue weighted by Gasteiger charge is -2.20. The Morgan fingerprint density at radius 1 is 0.750 bits per heavy atom. The van der Waals surface area contributed by atoms with Crippen molar-refractivity contribution in [2.24, 2.45) is 5.92 Å². The minimum atomic E-state index is -2.03. The van der Waals surface area contributed by atoms with Gasteiger partial charge in [0.25, 0.3) is 0 Å². The summed E-state index contributed by atoms with van der Waals surface area (Å²) < 4.78 is 0. The van der Waals surface area contributed by atoms with Gasteiger partial charge in [-0.2, -0.15) is 0 Å². The van der Waals surface area contributed by atoms with E-state index in [0.29, 0.717) is 24.3 Å². The molecule has 2 atom stereocenters. The van der Waals surface area contributed by atoms with E-state index in [-0.39, 0.29) is 0 Å². The normalized spacial score (nSPS) is 13.3. The lowest BCUT2D eigenvalue weighted by Crippen LogP contribution is -2.48. The Morgan fingerprint density at radius 2 is 1.25 bits per heavy atom. The number of ketones is 1. The maximum absolute atomic E-state index is 11.5. The first-order chi connectivity index (χ1) is 11.0. The summed E-state index contributed by atoms with van der Waals surface area (Å²) in [6, 6.07) is -2.03. The van der Waals surface area contributed by atoms with Gasteiger partial charge < -0.3 is 25.7 Å². The largest absolute Gasteiger partial charge is 0.481 e. The molecule has 0 bridgehead atoms. The number of carboxylic acids is 4. The van der Waals surface area contributed by atoms with E-state index in [0.717, 1.165) is 0 Å². The van der Waals surface area contributed by atoms with Crippen LogP contribution in [0.4, 0.5) is 0 Å². The molecule has 0 radical (unpaired) electrons. The zero-order chi connectivity index (χ0) is 18.9. The summed E-state index contributed by atoms with van der Waals surface area (Å²) in [5.41, 5.74) is 0. The summed E-state index contributed by atoms with van der Waals surface area (Å²) >= 11 is 0. The first-order valence-electron chi connectivity index (χ1n) is 6.15. The average molecular weight is 343 g/mol. The van der Waals surface area contributed by atoms with Crippen LogP contribution in [0.3, 0.4) is 0 Å². The third kappa shape index (κ3) is 8.07. The lowest BCUT2D eigenvalue weighted by molar-refractivity contribution is -0.152. The quantitative estimate of drug-likeness (QED) is 0.291. The van der Waals surface area contributed by atoms with Crippen molar-refractivity contribution in [1.29, 1.82) is 0 Å². The van der Waals surface area contributed by atoms with Gasteiger partial charge in [0.05, 0.1) is 5.92 Å². The highest BCUT2D eigenvalue weighted by atomic mass is 16.4. The maximum atomic E-state index is 11.5. The Kier molecular flexibility index (Phi) is 8.12. The van der Waals surface area contributed by atoms with Crippen LogP contribution in [0.25, 0.3) is 0 Å². The van der Waals surface area contributed by atoms with E-state index in [1.807, 2.05) is 0 Å². The molecule has 0 aromatic heterocycles. The molecule has 24 heavy (non-hydrogen) atoms. The molecule has 0 aliphatic carbocycles. The monoisotopic (exact) mass is 343 g/mol. The molecule has 0 aliphatic heterocycles. The molecule has 2 unspecified atom stereocenters. The molecule has 0 saturated carbocycles. The van der Waals surface area contributed by atoms with Gasteiger partial charge >= 0.3 is 23.9 Å². The van der Waals surface area contributed by atoms with Gasteiger partial charge in [-0.1, -0.05) is 0 Å². The molecule has 1 amide bonds. The molecule has 130 valence electrons. The fourth-order valence-electron chi connectivity index (χ4n) is 1.48. The molecule has 0 heterocycles. The van der Waals surface area contributed by atoms with Crippen LogP contribution in [0.15, 0.2) is 24.3 Å². The summed E-state index contributed by atoms with van der Waals surface area (Å²) in [6.45, 7) is 0. The van der Waals surface area contributed by atoms with Crippen molar-refractivity contribution in [2.45, 2.75) is 12.5 Å². The summed E-state index contributed by atoms with van der Waals surface area (Å²) in [6.07, 6.45) is 1.00. The number of amides is 1. The van der Waals surface area contributed by atoms with Crippen LogP contribution in [-0.2, 0) is 28.8 Å². The Balaban J connectivity index is 5.24. The minimum Gasteiger partial charge on any atom is -0.481 e. The summed E-state index contributed by atoms with van der Waals surface area (Å²) in [7, 11) is 0. The van der Waals surface area contributed by atoms with Gasteiger partial charge in [0.1, 0.15) is 6.04 Å². The van der Waals surface area contributed by atoms with Gasteiger partial charge in [0, 0.05) is 24.6 Å². The highest BCUT2D eigenvalue weighted by Crippen LogP contribution is 2.12. The van der Waals surface area contributed by atoms with Crippen molar-refractivity contribution in [3.05, 3.63) is 24.3 Å². The number of allylic oxidation sites excluding steroid dienone is 1. The second kappa shape index (κ2) is 9.50. The molecule has 11 heteroatoms. The molecular weight excluding hydrogens is 330 g/mol. The second-order valence-electron chi connectivity index (χ2n) is 4.28. The third-order valence-corrected chi connectivity index (χ3v) is 2.49. The molecule has 5 N–H and O–H groups in total. The van der Waals surface area contributed by atoms with Crippen LogP contribution < -0.4 is 5.32 Å². The number of rotatable bonds is 10. The standard InChI is InChI=1S/C13H13NO10/c15-6(1-3-9(17)18)5-7(12(21)22)11(13(23)24)14-8(16)2-4-10(19)20/h1-4,7,11H,5H2,(H,14,16)(H,17,18)(H,19,20)(H,21,22)(H,23,24)/b3-1-,4-2-. The van der Waals surface area contributed by atoms with Crippen LogP contribution in [0.2, 0.25) is 0 Å². The van der Waals surface area contributed by atoms with Crippen molar-refractivity contribution < 1.29 is 49.2 Å². The van der Waals surface area contributed by atoms with Gasteiger partial charge in [0.15, 0.2) is 5.78 Å². The summed E-state index contributed by atoms with van der Waals surface area (Å²) in [5.74, 6) is -10.5. The minimum absolute atomic E-state index is 0.408. The van der Waals surface area contributed by atoms with Gasteiger partial charge in [0.2, 0.25) is 5.91 Å². The van der Waals surface area contributed by atoms with Crippen molar-refractivity contribution in [1.82, 2.24) is 5.32 Å². The van der Waals surface area contributed by atoms with E-state index in [9.17, 15) is 28.8 Å². The topological polar surface area (TPSA) is 195 Å². The van der Waals surface area contributed by atoms with E-state index in [2.05, 4.69) is 0 Å². The summed E-state index contributed by atoms with van der Waals surface area (Å²) in [4.78, 5) is 65.7. The predicted molar refractivity (Wildman–Crippen MR) is 73.9 cm³/mol. The Hall–Kier alpha value is -3.50. The molecule has 0 aromatic rings. The number of hydrogen-bond acceptors (Lipinski definition) is 6. The molecule has 0 spiro atoms. The van der Waals surface area contributed by atoms with E-state index >= 15 is 0 Å². The maximum Gasteiger partial charge on any atom is 0.328 e. The van der Waals surface area contributed by atoms with E-state index in [1.165, 1.54) is 0 Å². The van der Waals surface area contributed by atoms with Crippen LogP contribution in [-0.4, -0.2) is 62.0 Å². The average Bonchev–Trinajstić information content (AvgIpc) is 2.45. The SMILES string of the molecule is O=C(O)/C=C\C(=O)CC(C(=O)O)C(NC(=O)/C=C\C(=O)O)C(=O)O. The van der Waals surface area contributed by atoms with E-state index in [1.54, 1.807) is 5.32 Å². The van der Waals surface area contributed by atoms with Crippen molar-refractivity contribution >= 4 is 35.6 Å². The first-order valence-corrected chi connectivity index (χ1v) is 6.15. The number of carbonyl (C=O) groups is 6. The van der Waals surface area contributed by atoms with Crippen LogP contribution in [0, 0.1) is 5.92 Å². The Labute approximate surface area is 133 Å². The van der Waals surface area contributed by atoms with Gasteiger partial charge in [-0.25, -0.2) is 14.4 Å². The molecule has 0 fully saturated rings. The summed E-state index contributed by atoms with van der Waals surface area (Å²) in [5, 5.41) is 36.5.